The van der Waals surface area contributed by atoms with E-state index < -0.39 is 17.4 Å². The van der Waals surface area contributed by atoms with Gasteiger partial charge in [0.2, 0.25) is 0 Å². The maximum Gasteiger partial charge on any atom is 0.310 e. The molecule has 0 aromatic carbocycles. The van der Waals surface area contributed by atoms with Crippen molar-refractivity contribution in [3.63, 3.8) is 0 Å². The standard InChI is InChI=1S/C12H25N3O4/c13-6-3-9(1-2-10(16)17)12(4-7-14,5-8-15)11(18)19/h9H,1-8,13-15H2,(H,16,17)(H,18,19). The molecule has 8 N–H and O–H groups in total. The lowest BCUT2D eigenvalue weighted by Gasteiger charge is -2.37. The van der Waals surface area contributed by atoms with E-state index >= 15 is 0 Å². The van der Waals surface area contributed by atoms with Gasteiger partial charge in [0.1, 0.15) is 0 Å². The van der Waals surface area contributed by atoms with Crippen molar-refractivity contribution >= 4 is 11.9 Å². The molecule has 0 aliphatic heterocycles. The van der Waals surface area contributed by atoms with Gasteiger partial charge in [0.25, 0.3) is 0 Å². The van der Waals surface area contributed by atoms with Gasteiger partial charge < -0.3 is 27.4 Å². The first kappa shape index (κ1) is 17.8. The molecule has 0 rings (SSSR count). The van der Waals surface area contributed by atoms with E-state index in [1.54, 1.807) is 0 Å². The van der Waals surface area contributed by atoms with E-state index in [4.69, 9.17) is 22.3 Å². The van der Waals surface area contributed by atoms with Gasteiger partial charge in [0, 0.05) is 6.42 Å². The molecule has 0 spiro atoms. The highest BCUT2D eigenvalue weighted by atomic mass is 16.4. The average molecular weight is 275 g/mol. The molecule has 7 heteroatoms. The maximum atomic E-state index is 11.7. The molecule has 0 saturated heterocycles. The zero-order chi connectivity index (χ0) is 14.9. The summed E-state index contributed by atoms with van der Waals surface area (Å²) < 4.78 is 0. The van der Waals surface area contributed by atoms with Crippen molar-refractivity contribution in [1.29, 1.82) is 0 Å². The number of hydrogen-bond donors (Lipinski definition) is 5. The minimum Gasteiger partial charge on any atom is -0.481 e. The Kier molecular flexibility index (Phi) is 8.29. The van der Waals surface area contributed by atoms with Gasteiger partial charge in [-0.1, -0.05) is 0 Å². The highest BCUT2D eigenvalue weighted by Crippen LogP contribution is 2.40. The number of hydrogen-bond acceptors (Lipinski definition) is 5. The minimum atomic E-state index is -1.07. The van der Waals surface area contributed by atoms with Crippen LogP contribution in [0.4, 0.5) is 0 Å². The Hall–Kier alpha value is -1.18. The molecule has 0 aromatic rings. The second-order valence-electron chi connectivity index (χ2n) is 4.75. The summed E-state index contributed by atoms with van der Waals surface area (Å²) in [5.41, 5.74) is 15.5. The van der Waals surface area contributed by atoms with Crippen molar-refractivity contribution in [3.05, 3.63) is 0 Å². The van der Waals surface area contributed by atoms with Gasteiger partial charge in [-0.25, -0.2) is 0 Å². The fourth-order valence-electron chi connectivity index (χ4n) is 2.63. The number of rotatable bonds is 11. The lowest BCUT2D eigenvalue weighted by Crippen LogP contribution is -2.43. The van der Waals surface area contributed by atoms with E-state index in [9.17, 15) is 14.7 Å². The summed E-state index contributed by atoms with van der Waals surface area (Å²) in [6.07, 6.45) is 1.22. The molecular weight excluding hydrogens is 250 g/mol. The molecule has 0 fully saturated rings. The topological polar surface area (TPSA) is 153 Å². The van der Waals surface area contributed by atoms with Gasteiger partial charge >= 0.3 is 11.9 Å². The third kappa shape index (κ3) is 5.14. The van der Waals surface area contributed by atoms with Crippen LogP contribution in [-0.2, 0) is 9.59 Å². The Morgan fingerprint density at radius 1 is 0.947 bits per heavy atom. The second-order valence-corrected chi connectivity index (χ2v) is 4.75. The number of nitrogens with two attached hydrogens (primary N) is 3. The van der Waals surface area contributed by atoms with Gasteiger partial charge in [-0.05, 0) is 51.2 Å². The second kappa shape index (κ2) is 8.84. The van der Waals surface area contributed by atoms with Crippen LogP contribution in [0, 0.1) is 11.3 Å². The molecule has 19 heavy (non-hydrogen) atoms. The summed E-state index contributed by atoms with van der Waals surface area (Å²) in [7, 11) is 0. The first-order chi connectivity index (χ1) is 8.94. The molecule has 1 atom stereocenters. The third-order valence-electron chi connectivity index (χ3n) is 3.61. The van der Waals surface area contributed by atoms with Gasteiger partial charge in [-0.15, -0.1) is 0 Å². The number of carbonyl (C=O) groups is 2. The van der Waals surface area contributed by atoms with Gasteiger partial charge in [-0.2, -0.15) is 0 Å². The Balaban J connectivity index is 5.18. The van der Waals surface area contributed by atoms with Crippen LogP contribution in [0.25, 0.3) is 0 Å². The van der Waals surface area contributed by atoms with Crippen LogP contribution >= 0.6 is 0 Å². The molecule has 0 radical (unpaired) electrons. The molecule has 0 aromatic heterocycles. The van der Waals surface area contributed by atoms with E-state index in [-0.39, 0.29) is 44.7 Å². The molecule has 0 aliphatic carbocycles. The highest BCUT2D eigenvalue weighted by Gasteiger charge is 2.43. The molecular formula is C12H25N3O4. The van der Waals surface area contributed by atoms with E-state index in [2.05, 4.69) is 0 Å². The summed E-state index contributed by atoms with van der Waals surface area (Å²) in [5.74, 6) is -2.23. The number of aliphatic carboxylic acids is 2. The summed E-state index contributed by atoms with van der Waals surface area (Å²) in [6.45, 7) is 0.759. The molecule has 0 aliphatic rings. The summed E-state index contributed by atoms with van der Waals surface area (Å²) in [6, 6.07) is 0. The fraction of sp³-hybridized carbons (Fsp3) is 0.833. The van der Waals surface area contributed by atoms with E-state index in [1.807, 2.05) is 0 Å². The molecule has 0 amide bonds. The quantitative estimate of drug-likeness (QED) is 0.343. The predicted octanol–water partition coefficient (Wildman–Crippen LogP) is -0.415. The van der Waals surface area contributed by atoms with Crippen LogP contribution in [0.15, 0.2) is 0 Å². The van der Waals surface area contributed by atoms with Crippen LogP contribution in [-0.4, -0.2) is 41.8 Å². The third-order valence-corrected chi connectivity index (χ3v) is 3.61. The Labute approximate surface area is 113 Å². The number of carboxylic acid groups (broad SMARTS) is 2. The van der Waals surface area contributed by atoms with Crippen LogP contribution in [0.3, 0.4) is 0 Å². The highest BCUT2D eigenvalue weighted by molar-refractivity contribution is 5.75. The van der Waals surface area contributed by atoms with Crippen molar-refractivity contribution in [3.8, 4) is 0 Å². The van der Waals surface area contributed by atoms with Crippen molar-refractivity contribution in [2.24, 2.45) is 28.5 Å². The van der Waals surface area contributed by atoms with Crippen LogP contribution < -0.4 is 17.2 Å². The van der Waals surface area contributed by atoms with Crippen LogP contribution in [0.2, 0.25) is 0 Å². The van der Waals surface area contributed by atoms with Gasteiger partial charge in [0.15, 0.2) is 0 Å². The van der Waals surface area contributed by atoms with E-state index in [0.29, 0.717) is 13.0 Å². The monoisotopic (exact) mass is 275 g/mol. The Morgan fingerprint density at radius 2 is 1.47 bits per heavy atom. The molecule has 7 nitrogen and oxygen atoms in total. The molecule has 0 saturated carbocycles. The summed E-state index contributed by atoms with van der Waals surface area (Å²) in [4.78, 5) is 22.4. The SMILES string of the molecule is NCCC(CCC(=O)O)C(CCN)(CCN)C(=O)O. The molecule has 1 unspecified atom stereocenters. The Morgan fingerprint density at radius 3 is 1.79 bits per heavy atom. The van der Waals surface area contributed by atoms with Gasteiger partial charge in [-0.3, -0.25) is 9.59 Å². The van der Waals surface area contributed by atoms with Crippen molar-refractivity contribution in [2.75, 3.05) is 19.6 Å². The largest absolute Gasteiger partial charge is 0.481 e. The lowest BCUT2D eigenvalue weighted by atomic mass is 9.67. The van der Waals surface area contributed by atoms with Crippen LogP contribution in [0.5, 0.6) is 0 Å². The Bertz CT molecular complexity index is 291. The lowest BCUT2D eigenvalue weighted by molar-refractivity contribution is -0.155. The number of carboxylic acids is 2. The molecule has 112 valence electrons. The van der Waals surface area contributed by atoms with Crippen molar-refractivity contribution in [1.82, 2.24) is 0 Å². The van der Waals surface area contributed by atoms with Crippen molar-refractivity contribution in [2.45, 2.75) is 32.1 Å². The van der Waals surface area contributed by atoms with E-state index in [1.165, 1.54) is 0 Å². The van der Waals surface area contributed by atoms with E-state index in [0.717, 1.165) is 0 Å². The smallest absolute Gasteiger partial charge is 0.310 e. The first-order valence-corrected chi connectivity index (χ1v) is 6.50. The summed E-state index contributed by atoms with van der Waals surface area (Å²) >= 11 is 0. The first-order valence-electron chi connectivity index (χ1n) is 6.50. The van der Waals surface area contributed by atoms with Gasteiger partial charge in [0.05, 0.1) is 5.41 Å². The molecule has 0 bridgehead atoms. The average Bonchev–Trinajstić information content (AvgIpc) is 2.33. The fourth-order valence-corrected chi connectivity index (χ4v) is 2.63. The zero-order valence-corrected chi connectivity index (χ0v) is 11.2. The zero-order valence-electron chi connectivity index (χ0n) is 11.2. The normalized spacial score (nSPS) is 13.2. The molecule has 0 heterocycles. The minimum absolute atomic E-state index is 0.0746. The predicted molar refractivity (Wildman–Crippen MR) is 71.4 cm³/mol. The van der Waals surface area contributed by atoms with Crippen LogP contribution in [0.1, 0.15) is 32.1 Å². The van der Waals surface area contributed by atoms with Crippen molar-refractivity contribution < 1.29 is 19.8 Å². The summed E-state index contributed by atoms with van der Waals surface area (Å²) in [5, 5.41) is 18.3. The maximum absolute atomic E-state index is 11.7.